The first-order valence-corrected chi connectivity index (χ1v) is 5.93. The molecule has 1 aromatic rings. The molecule has 0 aliphatic heterocycles. The molecule has 0 aromatic carbocycles. The maximum absolute atomic E-state index is 5.77. The molecule has 0 saturated heterocycles. The number of alkyl halides is 1. The first-order chi connectivity index (χ1) is 7.61. The number of aromatic nitrogens is 1. The predicted octanol–water partition coefficient (Wildman–Crippen LogP) is 2.93. The molecule has 0 unspecified atom stereocenters. The van der Waals surface area contributed by atoms with Gasteiger partial charge in [-0.3, -0.25) is 0 Å². The summed E-state index contributed by atoms with van der Waals surface area (Å²) in [5.41, 5.74) is 1.94. The van der Waals surface area contributed by atoms with Gasteiger partial charge in [0.15, 0.2) is 0 Å². The van der Waals surface area contributed by atoms with E-state index in [9.17, 15) is 0 Å². The van der Waals surface area contributed by atoms with Gasteiger partial charge in [0.2, 0.25) is 5.88 Å². The summed E-state index contributed by atoms with van der Waals surface area (Å²) in [6.07, 6.45) is 0.229. The molecule has 0 aliphatic rings. The first kappa shape index (κ1) is 13.3. The number of nitrogens with zero attached hydrogens (tertiary/aromatic N) is 1. The summed E-state index contributed by atoms with van der Waals surface area (Å²) in [6.45, 7) is 7.00. The molecule has 1 rings (SSSR count). The fourth-order valence-corrected chi connectivity index (χ4v) is 1.44. The standard InChI is InChI=1S/C12H18ClNO2/c1-9(2)15-4-5-16-12-7-11(8-13)6-10(3)14-12/h6-7,9H,4-5,8H2,1-3H3. The monoisotopic (exact) mass is 243 g/mol. The van der Waals surface area contributed by atoms with Gasteiger partial charge in [-0.05, 0) is 32.4 Å². The van der Waals surface area contributed by atoms with E-state index in [1.165, 1.54) is 0 Å². The van der Waals surface area contributed by atoms with Crippen LogP contribution >= 0.6 is 11.6 Å². The molecule has 0 saturated carbocycles. The fraction of sp³-hybridized carbons (Fsp3) is 0.583. The third kappa shape index (κ3) is 4.81. The van der Waals surface area contributed by atoms with Gasteiger partial charge in [0, 0.05) is 17.6 Å². The molecule has 0 bridgehead atoms. The molecule has 0 fully saturated rings. The van der Waals surface area contributed by atoms with Gasteiger partial charge in [0.25, 0.3) is 0 Å². The van der Waals surface area contributed by atoms with Gasteiger partial charge < -0.3 is 9.47 Å². The zero-order valence-corrected chi connectivity index (χ0v) is 10.8. The summed E-state index contributed by atoms with van der Waals surface area (Å²) in [6, 6.07) is 3.81. The van der Waals surface area contributed by atoms with Crippen molar-refractivity contribution in [3.63, 3.8) is 0 Å². The smallest absolute Gasteiger partial charge is 0.213 e. The van der Waals surface area contributed by atoms with Crippen LogP contribution in [0.25, 0.3) is 0 Å². The minimum absolute atomic E-state index is 0.229. The van der Waals surface area contributed by atoms with E-state index in [0.717, 1.165) is 11.3 Å². The molecule has 16 heavy (non-hydrogen) atoms. The molecule has 0 radical (unpaired) electrons. The lowest BCUT2D eigenvalue weighted by Gasteiger charge is -2.09. The summed E-state index contributed by atoms with van der Waals surface area (Å²) in [5, 5.41) is 0. The Kier molecular flexibility index (Phi) is 5.56. The van der Waals surface area contributed by atoms with Crippen molar-refractivity contribution < 1.29 is 9.47 Å². The van der Waals surface area contributed by atoms with E-state index in [2.05, 4.69) is 4.98 Å². The highest BCUT2D eigenvalue weighted by Gasteiger charge is 2.01. The quantitative estimate of drug-likeness (QED) is 0.569. The highest BCUT2D eigenvalue weighted by molar-refractivity contribution is 6.17. The van der Waals surface area contributed by atoms with Crippen molar-refractivity contribution in [2.24, 2.45) is 0 Å². The normalized spacial score (nSPS) is 10.8. The molecule has 0 spiro atoms. The minimum Gasteiger partial charge on any atom is -0.475 e. The van der Waals surface area contributed by atoms with E-state index in [1.807, 2.05) is 32.9 Å². The molecule has 0 amide bonds. The third-order valence-corrected chi connectivity index (χ3v) is 2.24. The van der Waals surface area contributed by atoms with Crippen LogP contribution in [0.1, 0.15) is 25.1 Å². The first-order valence-electron chi connectivity index (χ1n) is 5.39. The third-order valence-electron chi connectivity index (χ3n) is 1.93. The largest absolute Gasteiger partial charge is 0.475 e. The summed E-state index contributed by atoms with van der Waals surface area (Å²) in [5.74, 6) is 1.09. The second kappa shape index (κ2) is 6.71. The molecule has 90 valence electrons. The van der Waals surface area contributed by atoms with E-state index in [4.69, 9.17) is 21.1 Å². The second-order valence-corrected chi connectivity index (χ2v) is 4.12. The van der Waals surface area contributed by atoms with Crippen molar-refractivity contribution in [3.05, 3.63) is 23.4 Å². The lowest BCUT2D eigenvalue weighted by Crippen LogP contribution is -2.12. The average Bonchev–Trinajstić information content (AvgIpc) is 2.23. The lowest BCUT2D eigenvalue weighted by atomic mass is 10.2. The van der Waals surface area contributed by atoms with Crippen molar-refractivity contribution in [1.29, 1.82) is 0 Å². The van der Waals surface area contributed by atoms with Gasteiger partial charge in [0.1, 0.15) is 6.61 Å². The molecule has 0 N–H and O–H groups in total. The fourth-order valence-electron chi connectivity index (χ4n) is 1.29. The van der Waals surface area contributed by atoms with Crippen LogP contribution in [-0.2, 0) is 10.6 Å². The number of rotatable bonds is 6. The van der Waals surface area contributed by atoms with Crippen molar-refractivity contribution in [2.45, 2.75) is 32.8 Å². The number of ether oxygens (including phenoxy) is 2. The van der Waals surface area contributed by atoms with Crippen LogP contribution < -0.4 is 4.74 Å². The molecule has 0 atom stereocenters. The van der Waals surface area contributed by atoms with E-state index in [0.29, 0.717) is 25.0 Å². The highest BCUT2D eigenvalue weighted by atomic mass is 35.5. The Morgan fingerprint density at radius 2 is 2.06 bits per heavy atom. The molecular weight excluding hydrogens is 226 g/mol. The lowest BCUT2D eigenvalue weighted by molar-refractivity contribution is 0.0542. The Hall–Kier alpha value is -0.800. The minimum atomic E-state index is 0.229. The summed E-state index contributed by atoms with van der Waals surface area (Å²) in [4.78, 5) is 4.26. The predicted molar refractivity (Wildman–Crippen MR) is 65.1 cm³/mol. The molecular formula is C12H18ClNO2. The van der Waals surface area contributed by atoms with E-state index in [-0.39, 0.29) is 6.10 Å². The average molecular weight is 244 g/mol. The van der Waals surface area contributed by atoms with Crippen LogP contribution in [0, 0.1) is 6.92 Å². The highest BCUT2D eigenvalue weighted by Crippen LogP contribution is 2.14. The van der Waals surface area contributed by atoms with Gasteiger partial charge in [-0.25, -0.2) is 4.98 Å². The van der Waals surface area contributed by atoms with Gasteiger partial charge in [-0.15, -0.1) is 11.6 Å². The molecule has 1 heterocycles. The molecule has 0 aliphatic carbocycles. The van der Waals surface area contributed by atoms with Crippen LogP contribution in [0.4, 0.5) is 0 Å². The second-order valence-electron chi connectivity index (χ2n) is 3.86. The van der Waals surface area contributed by atoms with Crippen LogP contribution in [0.5, 0.6) is 5.88 Å². The van der Waals surface area contributed by atoms with Gasteiger partial charge in [-0.2, -0.15) is 0 Å². The zero-order chi connectivity index (χ0) is 12.0. The molecule has 4 heteroatoms. The van der Waals surface area contributed by atoms with Gasteiger partial charge in [-0.1, -0.05) is 0 Å². The summed E-state index contributed by atoms with van der Waals surface area (Å²) in [7, 11) is 0. The van der Waals surface area contributed by atoms with Crippen LogP contribution in [0.2, 0.25) is 0 Å². The van der Waals surface area contributed by atoms with E-state index < -0.39 is 0 Å². The Balaban J connectivity index is 2.44. The molecule has 3 nitrogen and oxygen atoms in total. The van der Waals surface area contributed by atoms with Crippen LogP contribution in [0.3, 0.4) is 0 Å². The van der Waals surface area contributed by atoms with Crippen molar-refractivity contribution in [2.75, 3.05) is 13.2 Å². The van der Waals surface area contributed by atoms with Crippen molar-refractivity contribution in [1.82, 2.24) is 4.98 Å². The van der Waals surface area contributed by atoms with E-state index >= 15 is 0 Å². The number of aryl methyl sites for hydroxylation is 1. The Morgan fingerprint density at radius 1 is 1.31 bits per heavy atom. The maximum Gasteiger partial charge on any atom is 0.213 e. The maximum atomic E-state index is 5.77. The Bertz CT molecular complexity index is 329. The zero-order valence-electron chi connectivity index (χ0n) is 10.00. The topological polar surface area (TPSA) is 31.4 Å². The van der Waals surface area contributed by atoms with E-state index in [1.54, 1.807) is 0 Å². The number of hydrogen-bond acceptors (Lipinski definition) is 3. The number of pyridine rings is 1. The van der Waals surface area contributed by atoms with Gasteiger partial charge >= 0.3 is 0 Å². The number of halogens is 1. The van der Waals surface area contributed by atoms with Crippen LogP contribution in [-0.4, -0.2) is 24.3 Å². The molecule has 1 aromatic heterocycles. The summed E-state index contributed by atoms with van der Waals surface area (Å²) < 4.78 is 10.9. The SMILES string of the molecule is Cc1cc(CCl)cc(OCCOC(C)C)n1. The Morgan fingerprint density at radius 3 is 2.69 bits per heavy atom. The van der Waals surface area contributed by atoms with Crippen LogP contribution in [0.15, 0.2) is 12.1 Å². The van der Waals surface area contributed by atoms with Crippen molar-refractivity contribution >= 4 is 11.6 Å². The van der Waals surface area contributed by atoms with Gasteiger partial charge in [0.05, 0.1) is 12.7 Å². The number of hydrogen-bond donors (Lipinski definition) is 0. The van der Waals surface area contributed by atoms with Crippen molar-refractivity contribution in [3.8, 4) is 5.88 Å². The Labute approximate surface area is 102 Å². The summed E-state index contributed by atoms with van der Waals surface area (Å²) >= 11 is 5.77.